The molecule has 3 atom stereocenters. The van der Waals surface area contributed by atoms with Gasteiger partial charge in [-0.05, 0) is 25.8 Å². The molecular formula is C21H26FN7O2. The van der Waals surface area contributed by atoms with Crippen molar-refractivity contribution in [3.8, 4) is 0 Å². The SMILES string of the molecule is CCC(C)n1cc(C(N)=O)c2cnc(Nc3ccnc(N4CC[C@@H](O)[C@@H](F)C4)n3)cc21. The summed E-state index contributed by atoms with van der Waals surface area (Å²) in [4.78, 5) is 26.7. The van der Waals surface area contributed by atoms with E-state index in [0.29, 0.717) is 41.5 Å². The summed E-state index contributed by atoms with van der Waals surface area (Å²) in [6.45, 7) is 4.67. The lowest BCUT2D eigenvalue weighted by Gasteiger charge is -2.32. The van der Waals surface area contributed by atoms with Crippen LogP contribution >= 0.6 is 0 Å². The minimum Gasteiger partial charge on any atom is -0.390 e. The maximum Gasteiger partial charge on any atom is 0.250 e. The van der Waals surface area contributed by atoms with E-state index >= 15 is 0 Å². The Bertz CT molecular complexity index is 1100. The molecule has 1 aliphatic rings. The highest BCUT2D eigenvalue weighted by molar-refractivity contribution is 6.06. The third-order valence-electron chi connectivity index (χ3n) is 5.74. The maximum absolute atomic E-state index is 13.9. The number of carbonyl (C=O) groups excluding carboxylic acids is 1. The Kier molecular flexibility index (Phi) is 5.73. The number of aromatic nitrogens is 4. The lowest BCUT2D eigenvalue weighted by atomic mass is 10.1. The van der Waals surface area contributed by atoms with Crippen LogP contribution in [0.4, 0.5) is 22.0 Å². The Balaban J connectivity index is 1.62. The number of nitrogens with zero attached hydrogens (tertiary/aromatic N) is 5. The van der Waals surface area contributed by atoms with Crippen LogP contribution in [0.15, 0.2) is 30.7 Å². The average Bonchev–Trinajstić information content (AvgIpc) is 3.14. The second-order valence-corrected chi connectivity index (χ2v) is 7.84. The molecule has 3 aromatic heterocycles. The van der Waals surface area contributed by atoms with Crippen LogP contribution in [0, 0.1) is 0 Å². The molecule has 1 saturated heterocycles. The van der Waals surface area contributed by atoms with E-state index in [0.717, 1.165) is 11.9 Å². The van der Waals surface area contributed by atoms with Crippen molar-refractivity contribution in [1.29, 1.82) is 0 Å². The van der Waals surface area contributed by atoms with E-state index in [2.05, 4.69) is 34.1 Å². The first-order chi connectivity index (χ1) is 14.9. The standard InChI is InChI=1S/C21H26FN7O2/c1-3-12(2)29-10-14(20(23)31)13-9-25-19(8-16(13)29)26-18-4-6-24-21(27-18)28-7-5-17(30)15(22)11-28/h4,6,8-10,12,15,17,30H,3,5,7,11H2,1-2H3,(H2,23,31)(H,24,25,26,27)/t12?,15-,17+/m0/s1. The summed E-state index contributed by atoms with van der Waals surface area (Å²) in [5.74, 6) is 0.954. The topological polar surface area (TPSA) is 122 Å². The molecular weight excluding hydrogens is 401 g/mol. The third kappa shape index (κ3) is 4.15. The van der Waals surface area contributed by atoms with Gasteiger partial charge in [0.25, 0.3) is 5.91 Å². The zero-order valence-corrected chi connectivity index (χ0v) is 17.5. The van der Waals surface area contributed by atoms with E-state index in [-0.39, 0.29) is 12.6 Å². The van der Waals surface area contributed by atoms with Gasteiger partial charge in [0.05, 0.1) is 23.7 Å². The molecule has 10 heteroatoms. The van der Waals surface area contributed by atoms with Crippen molar-refractivity contribution in [2.24, 2.45) is 5.73 Å². The Morgan fingerprint density at radius 2 is 2.23 bits per heavy atom. The molecule has 31 heavy (non-hydrogen) atoms. The number of anilines is 3. The Hall–Kier alpha value is -3.27. The van der Waals surface area contributed by atoms with E-state index < -0.39 is 18.2 Å². The van der Waals surface area contributed by atoms with Crippen molar-refractivity contribution in [2.45, 2.75) is 45.0 Å². The lowest BCUT2D eigenvalue weighted by Crippen LogP contribution is -2.45. The third-order valence-corrected chi connectivity index (χ3v) is 5.74. The molecule has 0 radical (unpaired) electrons. The molecule has 1 unspecified atom stereocenters. The molecule has 9 nitrogen and oxygen atoms in total. The van der Waals surface area contributed by atoms with Crippen molar-refractivity contribution in [3.05, 3.63) is 36.3 Å². The number of nitrogens with one attached hydrogen (secondary N) is 1. The van der Waals surface area contributed by atoms with Crippen LogP contribution in [-0.2, 0) is 0 Å². The highest BCUT2D eigenvalue weighted by atomic mass is 19.1. The summed E-state index contributed by atoms with van der Waals surface area (Å²) in [5, 5.41) is 13.5. The number of hydrogen-bond donors (Lipinski definition) is 3. The van der Waals surface area contributed by atoms with E-state index in [9.17, 15) is 14.3 Å². The minimum atomic E-state index is -1.33. The number of fused-ring (bicyclic) bond motifs is 1. The molecule has 0 saturated carbocycles. The summed E-state index contributed by atoms with van der Waals surface area (Å²) < 4.78 is 15.9. The number of aliphatic hydroxyl groups excluding tert-OH is 1. The molecule has 164 valence electrons. The van der Waals surface area contributed by atoms with Crippen LogP contribution in [0.1, 0.15) is 43.1 Å². The number of primary amides is 1. The second kappa shape index (κ2) is 8.46. The number of alkyl halides is 1. The van der Waals surface area contributed by atoms with Crippen LogP contribution in [0.5, 0.6) is 0 Å². The predicted molar refractivity (Wildman–Crippen MR) is 116 cm³/mol. The average molecular weight is 427 g/mol. The Morgan fingerprint density at radius 1 is 1.42 bits per heavy atom. The summed E-state index contributed by atoms with van der Waals surface area (Å²) >= 11 is 0. The molecule has 4 N–H and O–H groups in total. The largest absolute Gasteiger partial charge is 0.390 e. The Labute approximate surface area is 179 Å². The highest BCUT2D eigenvalue weighted by Gasteiger charge is 2.28. The van der Waals surface area contributed by atoms with Gasteiger partial charge in [-0.15, -0.1) is 0 Å². The molecule has 3 aromatic rings. The number of aliphatic hydroxyl groups is 1. The molecule has 4 rings (SSSR count). The van der Waals surface area contributed by atoms with Gasteiger partial charge in [-0.25, -0.2) is 14.4 Å². The fourth-order valence-electron chi connectivity index (χ4n) is 3.75. The number of halogens is 1. The van der Waals surface area contributed by atoms with E-state index in [1.165, 1.54) is 0 Å². The number of carbonyl (C=O) groups is 1. The number of rotatable bonds is 6. The summed E-state index contributed by atoms with van der Waals surface area (Å²) in [7, 11) is 0. The fraction of sp³-hybridized carbons (Fsp3) is 0.429. The summed E-state index contributed by atoms with van der Waals surface area (Å²) in [6.07, 6.45) is 3.93. The van der Waals surface area contributed by atoms with Crippen molar-refractivity contribution >= 4 is 34.4 Å². The fourth-order valence-corrected chi connectivity index (χ4v) is 3.75. The molecule has 0 spiro atoms. The smallest absolute Gasteiger partial charge is 0.250 e. The lowest BCUT2D eigenvalue weighted by molar-refractivity contribution is 0.0612. The minimum absolute atomic E-state index is 0.0488. The van der Waals surface area contributed by atoms with Crippen molar-refractivity contribution in [3.63, 3.8) is 0 Å². The summed E-state index contributed by atoms with van der Waals surface area (Å²) in [6, 6.07) is 3.73. The zero-order valence-electron chi connectivity index (χ0n) is 17.5. The van der Waals surface area contributed by atoms with Gasteiger partial charge in [-0.3, -0.25) is 4.79 Å². The number of nitrogens with two attached hydrogens (primary N) is 1. The quantitative estimate of drug-likeness (QED) is 0.552. The monoisotopic (exact) mass is 427 g/mol. The highest BCUT2D eigenvalue weighted by Crippen LogP contribution is 2.28. The van der Waals surface area contributed by atoms with E-state index in [1.807, 2.05) is 10.6 Å². The Morgan fingerprint density at radius 3 is 2.94 bits per heavy atom. The van der Waals surface area contributed by atoms with E-state index in [1.54, 1.807) is 29.6 Å². The van der Waals surface area contributed by atoms with Crippen LogP contribution in [0.25, 0.3) is 10.9 Å². The molecule has 4 heterocycles. The molecule has 1 amide bonds. The van der Waals surface area contributed by atoms with Gasteiger partial charge in [-0.1, -0.05) is 6.92 Å². The molecule has 1 aliphatic heterocycles. The van der Waals surface area contributed by atoms with Crippen LogP contribution in [0.2, 0.25) is 0 Å². The number of piperidine rings is 1. The van der Waals surface area contributed by atoms with Crippen molar-refractivity contribution in [1.82, 2.24) is 19.5 Å². The first kappa shape index (κ1) is 21.0. The molecule has 1 fully saturated rings. The van der Waals surface area contributed by atoms with Gasteiger partial charge in [-0.2, -0.15) is 4.98 Å². The number of hydrogen-bond acceptors (Lipinski definition) is 7. The van der Waals surface area contributed by atoms with Crippen LogP contribution in [0.3, 0.4) is 0 Å². The second-order valence-electron chi connectivity index (χ2n) is 7.84. The van der Waals surface area contributed by atoms with Gasteiger partial charge in [0.1, 0.15) is 17.8 Å². The van der Waals surface area contributed by atoms with Crippen LogP contribution < -0.4 is 16.0 Å². The predicted octanol–water partition coefficient (Wildman–Crippen LogP) is 2.55. The number of amides is 1. The van der Waals surface area contributed by atoms with E-state index in [4.69, 9.17) is 5.73 Å². The summed E-state index contributed by atoms with van der Waals surface area (Å²) in [5.41, 5.74) is 6.83. The first-order valence-corrected chi connectivity index (χ1v) is 10.3. The van der Waals surface area contributed by atoms with Crippen molar-refractivity contribution < 1.29 is 14.3 Å². The molecule has 0 aliphatic carbocycles. The first-order valence-electron chi connectivity index (χ1n) is 10.3. The molecule has 0 bridgehead atoms. The molecule has 0 aromatic carbocycles. The van der Waals surface area contributed by atoms with Gasteiger partial charge in [0, 0.05) is 42.6 Å². The zero-order chi connectivity index (χ0) is 22.1. The van der Waals surface area contributed by atoms with Gasteiger partial charge >= 0.3 is 0 Å². The van der Waals surface area contributed by atoms with Gasteiger partial charge in [0.15, 0.2) is 0 Å². The van der Waals surface area contributed by atoms with Gasteiger partial charge < -0.3 is 25.6 Å². The van der Waals surface area contributed by atoms with Crippen LogP contribution in [-0.4, -0.2) is 55.9 Å². The number of pyridine rings is 1. The normalized spacial score (nSPS) is 20.1. The van der Waals surface area contributed by atoms with Gasteiger partial charge in [0.2, 0.25) is 5.95 Å². The maximum atomic E-state index is 13.9. The van der Waals surface area contributed by atoms with Crippen molar-refractivity contribution in [2.75, 3.05) is 23.3 Å².